The van der Waals surface area contributed by atoms with E-state index in [2.05, 4.69) is 23.6 Å². The maximum absolute atomic E-state index is 6.29. The van der Waals surface area contributed by atoms with E-state index in [1.807, 2.05) is 11.3 Å². The third-order valence-electron chi connectivity index (χ3n) is 6.72. The van der Waals surface area contributed by atoms with Gasteiger partial charge in [0.25, 0.3) is 0 Å². The molecule has 2 aliphatic heterocycles. The number of alkyl halides is 1. The third kappa shape index (κ3) is 6.16. The summed E-state index contributed by atoms with van der Waals surface area (Å²) in [4.78, 5) is 8.86. The van der Waals surface area contributed by atoms with Crippen LogP contribution in [0.15, 0.2) is 18.2 Å². The molecule has 29 heavy (non-hydrogen) atoms. The second-order valence-corrected chi connectivity index (χ2v) is 10.8. The number of thiazole rings is 1. The van der Waals surface area contributed by atoms with Gasteiger partial charge in [-0.15, -0.1) is 22.9 Å². The minimum Gasteiger partial charge on any atom is -0.381 e. The van der Waals surface area contributed by atoms with Crippen LogP contribution in [0.2, 0.25) is 0 Å². The first-order chi connectivity index (χ1) is 14.2. The summed E-state index contributed by atoms with van der Waals surface area (Å²) in [5, 5.41) is 1.41. The van der Waals surface area contributed by atoms with Crippen LogP contribution in [0.3, 0.4) is 0 Å². The SMILES string of the molecule is C=C(CC(CCc1nc2c(s1)CC(Cl)C=C2)C1CCOCC1)CN1CCCCC1. The van der Waals surface area contributed by atoms with E-state index in [4.69, 9.17) is 21.3 Å². The zero-order valence-electron chi connectivity index (χ0n) is 17.6. The standard InChI is InChI=1S/C24H35ClN2OS/c1-18(17-27-11-3-2-4-12-27)15-20(19-9-13-28-14-10-19)5-8-24-26-22-7-6-21(25)16-23(22)29-24/h6-7,19-21H,1-5,8-17H2. The van der Waals surface area contributed by atoms with Crippen molar-refractivity contribution in [3.8, 4) is 0 Å². The minimum absolute atomic E-state index is 0.129. The highest BCUT2D eigenvalue weighted by atomic mass is 35.5. The lowest BCUT2D eigenvalue weighted by Crippen LogP contribution is -2.32. The Bertz CT molecular complexity index is 704. The molecule has 1 aromatic rings. The molecule has 3 aliphatic rings. The molecule has 0 saturated carbocycles. The van der Waals surface area contributed by atoms with Crippen molar-refractivity contribution in [3.63, 3.8) is 0 Å². The average molecular weight is 435 g/mol. The maximum atomic E-state index is 6.29. The zero-order chi connectivity index (χ0) is 20.1. The summed E-state index contributed by atoms with van der Waals surface area (Å²) < 4.78 is 5.64. The number of hydrogen-bond acceptors (Lipinski definition) is 4. The second kappa shape index (κ2) is 10.6. The highest BCUT2D eigenvalue weighted by Gasteiger charge is 2.26. The number of halogens is 1. The molecule has 1 aromatic heterocycles. The van der Waals surface area contributed by atoms with Gasteiger partial charge < -0.3 is 4.74 Å². The number of nitrogens with zero attached hydrogens (tertiary/aromatic N) is 2. The molecule has 2 saturated heterocycles. The molecular formula is C24H35ClN2OS. The van der Waals surface area contributed by atoms with Gasteiger partial charge in [-0.05, 0) is 75.9 Å². The van der Waals surface area contributed by atoms with Crippen LogP contribution in [-0.2, 0) is 17.6 Å². The number of piperidine rings is 1. The van der Waals surface area contributed by atoms with Gasteiger partial charge in [-0.25, -0.2) is 4.98 Å². The van der Waals surface area contributed by atoms with Crippen LogP contribution in [-0.4, -0.2) is 48.1 Å². The predicted octanol–water partition coefficient (Wildman–Crippen LogP) is 5.73. The molecule has 0 amide bonds. The van der Waals surface area contributed by atoms with Gasteiger partial charge >= 0.3 is 0 Å². The van der Waals surface area contributed by atoms with E-state index >= 15 is 0 Å². The fourth-order valence-corrected chi connectivity index (χ4v) is 6.56. The molecule has 1 aliphatic carbocycles. The summed E-state index contributed by atoms with van der Waals surface area (Å²) in [5.41, 5.74) is 2.58. The van der Waals surface area contributed by atoms with E-state index < -0.39 is 0 Å². The summed E-state index contributed by atoms with van der Waals surface area (Å²) in [5.74, 6) is 1.47. The van der Waals surface area contributed by atoms with E-state index in [0.717, 1.165) is 50.6 Å². The number of rotatable bonds is 8. The van der Waals surface area contributed by atoms with E-state index in [1.54, 1.807) is 0 Å². The maximum Gasteiger partial charge on any atom is 0.0935 e. The molecule has 160 valence electrons. The van der Waals surface area contributed by atoms with Gasteiger partial charge in [-0.1, -0.05) is 24.6 Å². The normalized spacial score (nSPS) is 24.4. The summed E-state index contributed by atoms with van der Waals surface area (Å²) in [6.45, 7) is 9.93. The number of likely N-dealkylation sites (tertiary alicyclic amines) is 1. The first kappa shape index (κ1) is 21.5. The molecule has 5 heteroatoms. The molecule has 3 heterocycles. The Hall–Kier alpha value is -0.680. The third-order valence-corrected chi connectivity index (χ3v) is 8.18. The molecule has 2 unspecified atom stereocenters. The van der Waals surface area contributed by atoms with Crippen LogP contribution >= 0.6 is 22.9 Å². The van der Waals surface area contributed by atoms with Gasteiger partial charge in [0.15, 0.2) is 0 Å². The Morgan fingerprint density at radius 2 is 2.07 bits per heavy atom. The van der Waals surface area contributed by atoms with E-state index in [9.17, 15) is 0 Å². The monoisotopic (exact) mass is 434 g/mol. The van der Waals surface area contributed by atoms with Crippen molar-refractivity contribution in [2.75, 3.05) is 32.8 Å². The highest BCUT2D eigenvalue weighted by molar-refractivity contribution is 7.11. The van der Waals surface area contributed by atoms with Gasteiger partial charge in [0, 0.05) is 31.1 Å². The number of allylic oxidation sites excluding steroid dienone is 1. The van der Waals surface area contributed by atoms with Crippen LogP contribution in [0.4, 0.5) is 0 Å². The van der Waals surface area contributed by atoms with Crippen molar-refractivity contribution in [1.82, 2.24) is 9.88 Å². The quantitative estimate of drug-likeness (QED) is 0.386. The molecular weight excluding hydrogens is 400 g/mol. The van der Waals surface area contributed by atoms with Crippen molar-refractivity contribution in [2.24, 2.45) is 11.8 Å². The largest absolute Gasteiger partial charge is 0.381 e. The lowest BCUT2D eigenvalue weighted by Gasteiger charge is -2.33. The van der Waals surface area contributed by atoms with E-state index in [-0.39, 0.29) is 5.38 Å². The fourth-order valence-electron chi connectivity index (χ4n) is 5.11. The molecule has 0 spiro atoms. The Balaban J connectivity index is 1.35. The summed E-state index contributed by atoms with van der Waals surface area (Å²) in [7, 11) is 0. The van der Waals surface area contributed by atoms with Crippen LogP contribution in [0.1, 0.15) is 60.5 Å². The lowest BCUT2D eigenvalue weighted by molar-refractivity contribution is 0.0446. The number of aromatic nitrogens is 1. The van der Waals surface area contributed by atoms with Crippen molar-refractivity contribution in [2.45, 2.75) is 63.2 Å². The Morgan fingerprint density at radius 1 is 1.28 bits per heavy atom. The zero-order valence-corrected chi connectivity index (χ0v) is 19.2. The molecule has 0 bridgehead atoms. The minimum atomic E-state index is 0.129. The van der Waals surface area contributed by atoms with Gasteiger partial charge in [0.05, 0.1) is 16.1 Å². The molecule has 0 N–H and O–H groups in total. The van der Waals surface area contributed by atoms with Gasteiger partial charge in [0.1, 0.15) is 0 Å². The lowest BCUT2D eigenvalue weighted by atomic mass is 9.79. The average Bonchev–Trinajstić information content (AvgIpc) is 3.14. The molecule has 0 radical (unpaired) electrons. The van der Waals surface area contributed by atoms with Gasteiger partial charge in [-0.2, -0.15) is 0 Å². The number of fused-ring (bicyclic) bond motifs is 1. The Kier molecular flexibility index (Phi) is 7.85. The first-order valence-corrected chi connectivity index (χ1v) is 12.7. The Morgan fingerprint density at radius 3 is 2.86 bits per heavy atom. The number of aryl methyl sites for hydroxylation is 1. The van der Waals surface area contributed by atoms with Crippen molar-refractivity contribution in [1.29, 1.82) is 0 Å². The number of hydrogen-bond donors (Lipinski definition) is 0. The second-order valence-electron chi connectivity index (χ2n) is 9.03. The molecule has 0 aromatic carbocycles. The van der Waals surface area contributed by atoms with E-state index in [1.165, 1.54) is 67.1 Å². The summed E-state index contributed by atoms with van der Waals surface area (Å²) in [6.07, 6.45) is 15.1. The van der Waals surface area contributed by atoms with Crippen LogP contribution in [0.5, 0.6) is 0 Å². The van der Waals surface area contributed by atoms with Crippen LogP contribution < -0.4 is 0 Å². The van der Waals surface area contributed by atoms with Crippen molar-refractivity contribution >= 4 is 29.0 Å². The molecule has 4 rings (SSSR count). The van der Waals surface area contributed by atoms with Crippen molar-refractivity contribution in [3.05, 3.63) is 33.8 Å². The first-order valence-electron chi connectivity index (χ1n) is 11.4. The topological polar surface area (TPSA) is 25.4 Å². The Labute approximate surface area is 185 Å². The summed E-state index contributed by atoms with van der Waals surface area (Å²) in [6, 6.07) is 0. The highest BCUT2D eigenvalue weighted by Crippen LogP contribution is 2.34. The predicted molar refractivity (Wildman–Crippen MR) is 124 cm³/mol. The van der Waals surface area contributed by atoms with Crippen LogP contribution in [0.25, 0.3) is 6.08 Å². The molecule has 2 atom stereocenters. The van der Waals surface area contributed by atoms with E-state index in [0.29, 0.717) is 5.92 Å². The fraction of sp³-hybridized carbons (Fsp3) is 0.708. The summed E-state index contributed by atoms with van der Waals surface area (Å²) >= 11 is 8.16. The number of ether oxygens (including phenoxy) is 1. The van der Waals surface area contributed by atoms with Crippen molar-refractivity contribution < 1.29 is 4.74 Å². The molecule has 3 nitrogen and oxygen atoms in total. The molecule has 2 fully saturated rings. The smallest absolute Gasteiger partial charge is 0.0935 e. The van der Waals surface area contributed by atoms with Crippen LogP contribution in [0, 0.1) is 11.8 Å². The van der Waals surface area contributed by atoms with Gasteiger partial charge in [0.2, 0.25) is 0 Å². The van der Waals surface area contributed by atoms with Gasteiger partial charge in [-0.3, -0.25) is 4.90 Å².